The van der Waals surface area contributed by atoms with Gasteiger partial charge < -0.3 is 5.32 Å². The summed E-state index contributed by atoms with van der Waals surface area (Å²) in [6.07, 6.45) is 0.739. The van der Waals surface area contributed by atoms with Gasteiger partial charge in [0.1, 0.15) is 11.8 Å². The van der Waals surface area contributed by atoms with E-state index in [0.29, 0.717) is 27.0 Å². The topological polar surface area (TPSA) is 116 Å². The molecule has 0 aromatic carbocycles. The molecule has 4 heterocycles. The van der Waals surface area contributed by atoms with Gasteiger partial charge in [-0.15, -0.1) is 11.3 Å². The molecule has 0 radical (unpaired) electrons. The van der Waals surface area contributed by atoms with Crippen LogP contribution in [-0.4, -0.2) is 44.6 Å². The standard InChI is InChI=1S/C27H23F2N5O3S/c1-12-19(23(35)33-14-8-27(28,29)9-14)17(6-13(10-30)32-12)16-4-5-31-18-7-15(38-22(16)18)11-34-24(36)20-21(25(34)37)26(20,2)3/h4-7,14,20-21H,8-9,11H2,1-3H3,(H,33,35). The van der Waals surface area contributed by atoms with Gasteiger partial charge in [0.15, 0.2) is 0 Å². The van der Waals surface area contributed by atoms with Crippen LogP contribution in [0.3, 0.4) is 0 Å². The second kappa shape index (κ2) is 8.11. The number of rotatable bonds is 5. The fourth-order valence-corrected chi connectivity index (χ4v) is 6.97. The average molecular weight is 536 g/mol. The Bertz CT molecular complexity index is 1580. The van der Waals surface area contributed by atoms with E-state index in [9.17, 15) is 28.4 Å². The van der Waals surface area contributed by atoms with Crippen LogP contribution in [-0.2, 0) is 16.1 Å². The number of halogens is 2. The minimum absolute atomic E-state index is 0.112. The molecule has 3 aromatic heterocycles. The normalized spacial score (nSPS) is 23.2. The molecule has 2 aliphatic carbocycles. The molecule has 2 saturated carbocycles. The number of carbonyl (C=O) groups is 3. The lowest BCUT2D eigenvalue weighted by molar-refractivity contribution is -0.143. The lowest BCUT2D eigenvalue weighted by atomic mass is 9.87. The van der Waals surface area contributed by atoms with Gasteiger partial charge in [0.05, 0.1) is 39.9 Å². The summed E-state index contributed by atoms with van der Waals surface area (Å²) in [5.41, 5.74) is 2.01. The van der Waals surface area contributed by atoms with Crippen LogP contribution in [0.5, 0.6) is 0 Å². The van der Waals surface area contributed by atoms with Gasteiger partial charge >= 0.3 is 0 Å². The second-order valence-electron chi connectivity index (χ2n) is 10.9. The van der Waals surface area contributed by atoms with Crippen molar-refractivity contribution >= 4 is 39.3 Å². The van der Waals surface area contributed by atoms with Gasteiger partial charge in [-0.05, 0) is 30.5 Å². The lowest BCUT2D eigenvalue weighted by Gasteiger charge is -2.35. The van der Waals surface area contributed by atoms with Crippen molar-refractivity contribution in [3.05, 3.63) is 46.2 Å². The van der Waals surface area contributed by atoms with Crippen LogP contribution in [0.4, 0.5) is 8.78 Å². The maximum atomic E-state index is 13.3. The number of aromatic nitrogens is 2. The minimum atomic E-state index is -2.78. The van der Waals surface area contributed by atoms with Crippen molar-refractivity contribution in [3.8, 4) is 17.2 Å². The zero-order chi connectivity index (χ0) is 27.1. The summed E-state index contributed by atoms with van der Waals surface area (Å²) in [6, 6.07) is 6.41. The summed E-state index contributed by atoms with van der Waals surface area (Å²) < 4.78 is 27.4. The number of nitrogens with one attached hydrogen (secondary N) is 1. The van der Waals surface area contributed by atoms with E-state index in [0.717, 1.165) is 4.88 Å². The van der Waals surface area contributed by atoms with Crippen LogP contribution in [0, 0.1) is 35.5 Å². The molecule has 0 bridgehead atoms. The number of amides is 3. The first-order valence-corrected chi connectivity index (χ1v) is 13.1. The van der Waals surface area contributed by atoms with Crippen molar-refractivity contribution in [1.29, 1.82) is 5.26 Å². The summed E-state index contributed by atoms with van der Waals surface area (Å²) >= 11 is 1.35. The number of piperidine rings is 1. The Morgan fingerprint density at radius 3 is 2.53 bits per heavy atom. The number of pyridine rings is 2. The molecule has 1 N–H and O–H groups in total. The molecule has 6 rings (SSSR count). The number of thiophene rings is 1. The lowest BCUT2D eigenvalue weighted by Crippen LogP contribution is -2.50. The number of aryl methyl sites for hydroxylation is 1. The highest BCUT2D eigenvalue weighted by Gasteiger charge is 2.72. The van der Waals surface area contributed by atoms with Crippen LogP contribution in [0.1, 0.15) is 53.3 Å². The Balaban J connectivity index is 1.36. The number of nitrogens with zero attached hydrogens (tertiary/aromatic N) is 4. The van der Waals surface area contributed by atoms with Gasteiger partial charge in [-0.25, -0.2) is 13.8 Å². The van der Waals surface area contributed by atoms with E-state index in [2.05, 4.69) is 15.3 Å². The third-order valence-electron chi connectivity index (χ3n) is 7.93. The Labute approximate surface area is 220 Å². The van der Waals surface area contributed by atoms with Gasteiger partial charge in [-0.2, -0.15) is 5.26 Å². The summed E-state index contributed by atoms with van der Waals surface area (Å²) in [6.45, 7) is 5.61. The molecular weight excluding hydrogens is 512 g/mol. The Kier molecular flexibility index (Phi) is 5.24. The molecule has 194 valence electrons. The van der Waals surface area contributed by atoms with Crippen molar-refractivity contribution in [2.75, 3.05) is 0 Å². The van der Waals surface area contributed by atoms with Crippen molar-refractivity contribution in [3.63, 3.8) is 0 Å². The molecule has 2 atom stereocenters. The zero-order valence-electron chi connectivity index (χ0n) is 20.8. The Hall–Kier alpha value is -3.78. The van der Waals surface area contributed by atoms with Crippen molar-refractivity contribution < 1.29 is 23.2 Å². The number of hydrogen-bond donors (Lipinski definition) is 1. The monoisotopic (exact) mass is 535 g/mol. The number of imide groups is 1. The van der Waals surface area contributed by atoms with E-state index in [1.165, 1.54) is 22.3 Å². The predicted octanol–water partition coefficient (Wildman–Crippen LogP) is 4.21. The van der Waals surface area contributed by atoms with Crippen molar-refractivity contribution in [2.24, 2.45) is 17.3 Å². The van der Waals surface area contributed by atoms with Crippen LogP contribution in [0.15, 0.2) is 24.4 Å². The first-order chi connectivity index (χ1) is 17.9. The molecule has 3 fully saturated rings. The molecule has 11 heteroatoms. The maximum absolute atomic E-state index is 13.3. The zero-order valence-corrected chi connectivity index (χ0v) is 21.7. The Morgan fingerprint density at radius 1 is 1.21 bits per heavy atom. The number of hydrogen-bond acceptors (Lipinski definition) is 7. The number of nitriles is 1. The van der Waals surface area contributed by atoms with E-state index in [1.54, 1.807) is 19.2 Å². The summed E-state index contributed by atoms with van der Waals surface area (Å²) in [5.74, 6) is -4.15. The molecule has 3 aliphatic rings. The molecule has 3 aromatic rings. The highest BCUT2D eigenvalue weighted by molar-refractivity contribution is 7.19. The highest BCUT2D eigenvalue weighted by atomic mass is 32.1. The molecule has 38 heavy (non-hydrogen) atoms. The molecule has 1 aliphatic heterocycles. The fraction of sp³-hybridized carbons (Fsp3) is 0.407. The molecule has 3 amide bonds. The highest BCUT2D eigenvalue weighted by Crippen LogP contribution is 2.63. The van der Waals surface area contributed by atoms with E-state index < -0.39 is 30.7 Å². The molecule has 2 unspecified atom stereocenters. The van der Waals surface area contributed by atoms with E-state index in [1.807, 2.05) is 26.0 Å². The SMILES string of the molecule is Cc1nc(C#N)cc(-c2ccnc3cc(CN4C(=O)C5C(C4=O)C5(C)C)sc23)c1C(=O)NC1CC(F)(F)C1. The maximum Gasteiger partial charge on any atom is 0.253 e. The van der Waals surface area contributed by atoms with E-state index in [4.69, 9.17) is 0 Å². The smallest absolute Gasteiger partial charge is 0.253 e. The van der Waals surface area contributed by atoms with Gasteiger partial charge in [0.25, 0.3) is 11.8 Å². The largest absolute Gasteiger partial charge is 0.349 e. The summed E-state index contributed by atoms with van der Waals surface area (Å²) in [5, 5.41) is 12.2. The number of fused-ring (bicyclic) bond motifs is 2. The van der Waals surface area contributed by atoms with Crippen molar-refractivity contribution in [2.45, 2.75) is 52.1 Å². The molecular formula is C27H23F2N5O3S. The van der Waals surface area contributed by atoms with Gasteiger partial charge in [-0.3, -0.25) is 24.3 Å². The summed E-state index contributed by atoms with van der Waals surface area (Å²) in [7, 11) is 0. The van der Waals surface area contributed by atoms with Gasteiger partial charge in [-0.1, -0.05) is 13.8 Å². The van der Waals surface area contributed by atoms with Gasteiger partial charge in [0, 0.05) is 41.1 Å². The van der Waals surface area contributed by atoms with Crippen LogP contribution in [0.25, 0.3) is 21.3 Å². The number of carbonyl (C=O) groups excluding carboxylic acids is 3. The average Bonchev–Trinajstić information content (AvgIpc) is 3.08. The third-order valence-corrected chi connectivity index (χ3v) is 9.07. The Morgan fingerprint density at radius 2 is 1.89 bits per heavy atom. The first-order valence-electron chi connectivity index (χ1n) is 12.2. The first kappa shape index (κ1) is 24.6. The second-order valence-corrected chi connectivity index (χ2v) is 12.0. The summed E-state index contributed by atoms with van der Waals surface area (Å²) in [4.78, 5) is 49.6. The molecule has 1 saturated heterocycles. The van der Waals surface area contributed by atoms with Crippen LogP contribution < -0.4 is 5.32 Å². The van der Waals surface area contributed by atoms with E-state index >= 15 is 0 Å². The predicted molar refractivity (Wildman–Crippen MR) is 134 cm³/mol. The number of likely N-dealkylation sites (tertiary alicyclic amines) is 1. The van der Waals surface area contributed by atoms with Crippen LogP contribution in [0.2, 0.25) is 0 Å². The minimum Gasteiger partial charge on any atom is -0.349 e. The van der Waals surface area contributed by atoms with Crippen molar-refractivity contribution in [1.82, 2.24) is 20.2 Å². The van der Waals surface area contributed by atoms with Crippen LogP contribution >= 0.6 is 11.3 Å². The fourth-order valence-electron chi connectivity index (χ4n) is 5.84. The molecule has 0 spiro atoms. The van der Waals surface area contributed by atoms with Gasteiger partial charge in [0.2, 0.25) is 11.8 Å². The third kappa shape index (κ3) is 3.69. The van der Waals surface area contributed by atoms with E-state index in [-0.39, 0.29) is 46.9 Å². The number of alkyl halides is 2. The quantitative estimate of drug-likeness (QED) is 0.490. The molecule has 8 nitrogen and oxygen atoms in total.